The van der Waals surface area contributed by atoms with Crippen molar-refractivity contribution in [2.75, 3.05) is 0 Å². The molecule has 1 atom stereocenters. The molecule has 0 aliphatic rings. The second-order valence-electron chi connectivity index (χ2n) is 8.04. The van der Waals surface area contributed by atoms with Gasteiger partial charge >= 0.3 is 0 Å². The van der Waals surface area contributed by atoms with Crippen molar-refractivity contribution in [3.8, 4) is 17.2 Å². The Hall–Kier alpha value is -2.26. The van der Waals surface area contributed by atoms with Crippen LogP contribution in [-0.2, 0) is 9.53 Å². The van der Waals surface area contributed by atoms with E-state index in [1.807, 2.05) is 58.9 Å². The van der Waals surface area contributed by atoms with Gasteiger partial charge in [-0.15, -0.1) is 11.3 Å². The predicted molar refractivity (Wildman–Crippen MR) is 119 cm³/mol. The molecular formula is C23H23ClN2O2S. The van der Waals surface area contributed by atoms with Crippen LogP contribution in [-0.4, -0.2) is 16.4 Å². The van der Waals surface area contributed by atoms with E-state index in [1.165, 1.54) is 18.3 Å². The largest absolute Gasteiger partial charge is 0.360 e. The standard InChI is InChI=1S/C23H23ClN2O2S/c1-12-17(11-25)20-22(29-14(3)26-20)19(15-7-9-16(24)10-8-15)18(12)21(13(2)27)28-23(4,5)6/h7-10,21H,1-6H3/t21-/m1/s1. The smallest absolute Gasteiger partial charge is 0.163 e. The summed E-state index contributed by atoms with van der Waals surface area (Å²) in [6.07, 6.45) is -0.792. The quantitative estimate of drug-likeness (QED) is 0.474. The fraction of sp³-hybridized carbons (Fsp3) is 0.348. The fourth-order valence-electron chi connectivity index (χ4n) is 3.45. The minimum Gasteiger partial charge on any atom is -0.360 e. The summed E-state index contributed by atoms with van der Waals surface area (Å²) in [5.41, 5.74) is 3.85. The third-order valence-electron chi connectivity index (χ3n) is 4.59. The van der Waals surface area contributed by atoms with E-state index in [-0.39, 0.29) is 5.78 Å². The van der Waals surface area contributed by atoms with Gasteiger partial charge in [0.25, 0.3) is 0 Å². The second-order valence-corrected chi connectivity index (χ2v) is 9.68. The number of benzene rings is 2. The summed E-state index contributed by atoms with van der Waals surface area (Å²) in [4.78, 5) is 17.3. The molecule has 0 saturated heterocycles. The lowest BCUT2D eigenvalue weighted by Gasteiger charge is -2.29. The van der Waals surface area contributed by atoms with Crippen LogP contribution in [0.2, 0.25) is 5.02 Å². The Balaban J connectivity index is 2.48. The molecule has 0 unspecified atom stereocenters. The SMILES string of the molecule is CC(=O)[C@@H](OC(C)(C)C)c1c(C)c(C#N)c2nc(C)sc2c1-c1ccc(Cl)cc1. The number of aryl methyl sites for hydroxylation is 1. The van der Waals surface area contributed by atoms with Crippen molar-refractivity contribution < 1.29 is 9.53 Å². The number of hydrogen-bond acceptors (Lipinski definition) is 5. The number of ketones is 1. The second kappa shape index (κ2) is 7.87. The van der Waals surface area contributed by atoms with Crippen LogP contribution >= 0.6 is 22.9 Å². The Labute approximate surface area is 180 Å². The highest BCUT2D eigenvalue weighted by molar-refractivity contribution is 7.19. The topological polar surface area (TPSA) is 63.0 Å². The van der Waals surface area contributed by atoms with Gasteiger partial charge in [0.15, 0.2) is 5.78 Å². The molecule has 150 valence electrons. The Morgan fingerprint density at radius 2 is 1.86 bits per heavy atom. The van der Waals surface area contributed by atoms with E-state index < -0.39 is 11.7 Å². The first-order valence-electron chi connectivity index (χ1n) is 9.31. The Morgan fingerprint density at radius 1 is 1.24 bits per heavy atom. The van der Waals surface area contributed by atoms with E-state index in [0.717, 1.165) is 32.0 Å². The summed E-state index contributed by atoms with van der Waals surface area (Å²) >= 11 is 7.62. The molecule has 0 radical (unpaired) electrons. The minimum atomic E-state index is -0.792. The zero-order valence-electron chi connectivity index (χ0n) is 17.4. The average molecular weight is 427 g/mol. The number of ether oxygens (including phenoxy) is 1. The van der Waals surface area contributed by atoms with E-state index in [9.17, 15) is 10.1 Å². The minimum absolute atomic E-state index is 0.109. The number of fused-ring (bicyclic) bond motifs is 1. The lowest BCUT2D eigenvalue weighted by atomic mass is 9.87. The van der Waals surface area contributed by atoms with Crippen LogP contribution in [0.15, 0.2) is 24.3 Å². The van der Waals surface area contributed by atoms with Crippen molar-refractivity contribution in [3.05, 3.63) is 51.0 Å². The number of thiazole rings is 1. The maximum atomic E-state index is 12.7. The van der Waals surface area contributed by atoms with Gasteiger partial charge in [-0.25, -0.2) is 4.98 Å². The number of rotatable bonds is 4. The zero-order chi connectivity index (χ0) is 21.5. The number of nitrogens with zero attached hydrogens (tertiary/aromatic N) is 2. The monoisotopic (exact) mass is 426 g/mol. The third-order valence-corrected chi connectivity index (χ3v) is 5.83. The number of aromatic nitrogens is 1. The van der Waals surface area contributed by atoms with Crippen LogP contribution in [0.25, 0.3) is 21.3 Å². The van der Waals surface area contributed by atoms with E-state index in [1.54, 1.807) is 0 Å². The first-order chi connectivity index (χ1) is 13.5. The van der Waals surface area contributed by atoms with Gasteiger partial charge in [0.1, 0.15) is 17.7 Å². The predicted octanol–water partition coefficient (Wildman–Crippen LogP) is 6.55. The van der Waals surface area contributed by atoms with Crippen molar-refractivity contribution in [1.29, 1.82) is 5.26 Å². The summed E-state index contributed by atoms with van der Waals surface area (Å²) in [6.45, 7) is 11.1. The molecule has 0 bridgehead atoms. The van der Waals surface area contributed by atoms with E-state index in [2.05, 4.69) is 11.1 Å². The van der Waals surface area contributed by atoms with Gasteiger partial charge < -0.3 is 4.74 Å². The van der Waals surface area contributed by atoms with Crippen LogP contribution < -0.4 is 0 Å². The molecule has 29 heavy (non-hydrogen) atoms. The Morgan fingerprint density at radius 3 is 2.38 bits per heavy atom. The summed E-state index contributed by atoms with van der Waals surface area (Å²) < 4.78 is 7.09. The number of carbonyl (C=O) groups excluding carboxylic acids is 1. The first-order valence-corrected chi connectivity index (χ1v) is 10.5. The maximum Gasteiger partial charge on any atom is 0.163 e. The molecule has 3 aromatic rings. The van der Waals surface area contributed by atoms with Gasteiger partial charge in [-0.1, -0.05) is 23.7 Å². The van der Waals surface area contributed by atoms with Crippen LogP contribution in [0, 0.1) is 25.2 Å². The number of Topliss-reactive ketones (excluding diaryl/α,β-unsaturated/α-hetero) is 1. The zero-order valence-corrected chi connectivity index (χ0v) is 19.0. The van der Waals surface area contributed by atoms with Crippen LogP contribution in [0.1, 0.15) is 55.5 Å². The number of carbonyl (C=O) groups is 1. The van der Waals surface area contributed by atoms with Gasteiger partial charge in [-0.05, 0) is 64.8 Å². The Kier molecular flexibility index (Phi) is 5.82. The fourth-order valence-corrected chi connectivity index (χ4v) is 4.59. The van der Waals surface area contributed by atoms with E-state index in [4.69, 9.17) is 16.3 Å². The van der Waals surface area contributed by atoms with Gasteiger partial charge in [0.2, 0.25) is 0 Å². The molecule has 2 aromatic carbocycles. The number of nitriles is 1. The first kappa shape index (κ1) is 21.4. The molecule has 0 saturated carbocycles. The normalized spacial score (nSPS) is 12.8. The summed E-state index contributed by atoms with van der Waals surface area (Å²) in [7, 11) is 0. The summed E-state index contributed by atoms with van der Waals surface area (Å²) in [6, 6.07) is 9.79. The molecule has 0 fully saturated rings. The lowest BCUT2D eigenvalue weighted by Crippen LogP contribution is -2.27. The van der Waals surface area contributed by atoms with Crippen LogP contribution in [0.3, 0.4) is 0 Å². The van der Waals surface area contributed by atoms with Crippen LogP contribution in [0.4, 0.5) is 0 Å². The maximum absolute atomic E-state index is 12.7. The van der Waals surface area contributed by atoms with Crippen LogP contribution in [0.5, 0.6) is 0 Å². The third kappa shape index (κ3) is 4.20. The van der Waals surface area contributed by atoms with E-state index >= 15 is 0 Å². The van der Waals surface area contributed by atoms with Gasteiger partial charge in [0.05, 0.1) is 20.9 Å². The molecule has 3 rings (SSSR count). The van der Waals surface area contributed by atoms with E-state index in [0.29, 0.717) is 16.1 Å². The van der Waals surface area contributed by atoms with Crippen molar-refractivity contribution in [2.45, 2.75) is 53.2 Å². The molecule has 1 aromatic heterocycles. The Bertz CT molecular complexity index is 1140. The number of halogens is 1. The molecular weight excluding hydrogens is 404 g/mol. The van der Waals surface area contributed by atoms with Gasteiger partial charge in [-0.3, -0.25) is 4.79 Å². The molecule has 4 nitrogen and oxygen atoms in total. The van der Waals surface area contributed by atoms with Crippen molar-refractivity contribution >= 4 is 38.9 Å². The molecule has 0 aliphatic carbocycles. The molecule has 0 spiro atoms. The van der Waals surface area contributed by atoms with Crippen molar-refractivity contribution in [1.82, 2.24) is 4.98 Å². The van der Waals surface area contributed by atoms with Crippen molar-refractivity contribution in [2.24, 2.45) is 0 Å². The van der Waals surface area contributed by atoms with Crippen molar-refractivity contribution in [3.63, 3.8) is 0 Å². The van der Waals surface area contributed by atoms with Gasteiger partial charge in [-0.2, -0.15) is 5.26 Å². The molecule has 6 heteroatoms. The average Bonchev–Trinajstić information content (AvgIpc) is 3.00. The molecule has 0 amide bonds. The molecule has 0 N–H and O–H groups in total. The highest BCUT2D eigenvalue weighted by atomic mass is 35.5. The highest BCUT2D eigenvalue weighted by Gasteiger charge is 2.32. The molecule has 0 aliphatic heterocycles. The number of hydrogen-bond donors (Lipinski definition) is 0. The lowest BCUT2D eigenvalue weighted by molar-refractivity contribution is -0.138. The summed E-state index contributed by atoms with van der Waals surface area (Å²) in [5.74, 6) is -0.109. The highest BCUT2D eigenvalue weighted by Crippen LogP contribution is 2.44. The molecule has 1 heterocycles. The van der Waals surface area contributed by atoms with Gasteiger partial charge in [0, 0.05) is 16.1 Å². The summed E-state index contributed by atoms with van der Waals surface area (Å²) in [5, 5.41) is 11.4.